The van der Waals surface area contributed by atoms with Crippen LogP contribution in [0.4, 0.5) is 25.1 Å². The Morgan fingerprint density at radius 3 is 2.42 bits per heavy atom. The van der Waals surface area contributed by atoms with Crippen LogP contribution < -0.4 is 15.1 Å². The van der Waals surface area contributed by atoms with Crippen molar-refractivity contribution in [1.82, 2.24) is 15.1 Å². The molecular formula is C22H31F2N5O4. The number of alkyl halides is 1. The quantitative estimate of drug-likeness (QED) is 0.711. The number of aliphatic carboxylic acids is 1. The summed E-state index contributed by atoms with van der Waals surface area (Å²) in [5.74, 6) is -1.85. The van der Waals surface area contributed by atoms with Crippen LogP contribution >= 0.6 is 0 Å². The number of amides is 3. The smallest absolute Gasteiger partial charge is 0.329 e. The molecule has 2 aliphatic rings. The van der Waals surface area contributed by atoms with E-state index < -0.39 is 29.9 Å². The molecule has 3 amide bonds. The summed E-state index contributed by atoms with van der Waals surface area (Å²) >= 11 is 0. The second-order valence-corrected chi connectivity index (χ2v) is 7.73. The molecule has 182 valence electrons. The summed E-state index contributed by atoms with van der Waals surface area (Å²) in [5, 5.41) is 15.8. The number of carbonyl (C=O) groups is 3. The largest absolute Gasteiger partial charge is 0.481 e. The highest BCUT2D eigenvalue weighted by molar-refractivity contribution is 6.09. The number of nitrogens with one attached hydrogen (secondary N) is 1. The molecule has 0 radical (unpaired) electrons. The lowest BCUT2D eigenvalue weighted by molar-refractivity contribution is -0.140. The zero-order valence-corrected chi connectivity index (χ0v) is 18.3. The van der Waals surface area contributed by atoms with Crippen molar-refractivity contribution in [3.63, 3.8) is 0 Å². The zero-order valence-electron chi connectivity index (χ0n) is 18.3. The van der Waals surface area contributed by atoms with E-state index in [1.54, 1.807) is 18.0 Å². The van der Waals surface area contributed by atoms with Gasteiger partial charge in [-0.1, -0.05) is 21.3 Å². The minimum absolute atomic E-state index is 0. The van der Waals surface area contributed by atoms with Gasteiger partial charge in [-0.15, -0.1) is 0 Å². The Balaban J connectivity index is 0.00000125. The predicted molar refractivity (Wildman–Crippen MR) is 122 cm³/mol. The number of benzene rings is 1. The lowest BCUT2D eigenvalue weighted by atomic mass is 9.90. The van der Waals surface area contributed by atoms with Crippen molar-refractivity contribution < 1.29 is 28.3 Å². The molecule has 3 heterocycles. The summed E-state index contributed by atoms with van der Waals surface area (Å²) in [6.45, 7) is 4.52. The average molecular weight is 468 g/mol. The van der Waals surface area contributed by atoms with Crippen molar-refractivity contribution in [3.05, 3.63) is 17.9 Å². The molecule has 11 heteroatoms. The van der Waals surface area contributed by atoms with Crippen molar-refractivity contribution in [3.8, 4) is 0 Å². The van der Waals surface area contributed by atoms with Crippen molar-refractivity contribution in [2.75, 3.05) is 29.4 Å². The maximum Gasteiger partial charge on any atom is 0.329 e. The number of carboxylic acid groups (broad SMARTS) is 1. The molecule has 1 aromatic carbocycles. The number of carboxylic acids is 1. The molecule has 2 saturated heterocycles. The third kappa shape index (κ3) is 5.23. The Bertz CT molecular complexity index is 1050. The van der Waals surface area contributed by atoms with E-state index in [1.807, 2.05) is 13.8 Å². The third-order valence-corrected chi connectivity index (χ3v) is 5.68. The molecular weight excluding hydrogens is 436 g/mol. The number of anilines is 2. The van der Waals surface area contributed by atoms with Crippen molar-refractivity contribution in [2.45, 2.75) is 52.6 Å². The predicted octanol–water partition coefficient (Wildman–Crippen LogP) is 3.60. The van der Waals surface area contributed by atoms with Gasteiger partial charge in [-0.2, -0.15) is 5.10 Å². The molecule has 0 atom stereocenters. The van der Waals surface area contributed by atoms with Gasteiger partial charge in [0, 0.05) is 38.5 Å². The standard InChI is InChI=1S/C19H21F2N5O4.C2H6.CH4/c1-24-13-9-14(25-6-3-19(21,4-7-25)10-16(28)29)12(20)8-11(13)17(23-24)26-5-2-15(27)22-18(26)30;1-2;/h8-9H,2-7,10H2,1H3,(H,28,29)(H,22,27,30);1-2H3;1H4. The fourth-order valence-corrected chi connectivity index (χ4v) is 4.05. The summed E-state index contributed by atoms with van der Waals surface area (Å²) in [5.41, 5.74) is -0.941. The van der Waals surface area contributed by atoms with E-state index in [0.717, 1.165) is 0 Å². The Labute approximate surface area is 191 Å². The first kappa shape index (κ1) is 26.0. The number of fused-ring (bicyclic) bond motifs is 1. The highest BCUT2D eigenvalue weighted by Gasteiger charge is 2.37. The molecule has 4 rings (SSSR count). The Morgan fingerprint density at radius 1 is 1.21 bits per heavy atom. The number of carbonyl (C=O) groups excluding carboxylic acids is 2. The molecule has 2 aliphatic heterocycles. The molecule has 33 heavy (non-hydrogen) atoms. The Morgan fingerprint density at radius 2 is 1.85 bits per heavy atom. The van der Waals surface area contributed by atoms with Gasteiger partial charge >= 0.3 is 12.0 Å². The topological polar surface area (TPSA) is 108 Å². The highest BCUT2D eigenvalue weighted by Crippen LogP contribution is 2.36. The highest BCUT2D eigenvalue weighted by atomic mass is 19.1. The number of hydrogen-bond donors (Lipinski definition) is 2. The summed E-state index contributed by atoms with van der Waals surface area (Å²) < 4.78 is 31.1. The van der Waals surface area contributed by atoms with E-state index in [-0.39, 0.29) is 63.7 Å². The van der Waals surface area contributed by atoms with Crippen LogP contribution in [-0.2, 0) is 16.6 Å². The maximum atomic E-state index is 15.0. The van der Waals surface area contributed by atoms with Crippen molar-refractivity contribution in [2.24, 2.45) is 7.05 Å². The van der Waals surface area contributed by atoms with Crippen LogP contribution in [0.5, 0.6) is 0 Å². The van der Waals surface area contributed by atoms with Crippen LogP contribution in [0.3, 0.4) is 0 Å². The van der Waals surface area contributed by atoms with Crippen LogP contribution in [0.25, 0.3) is 10.9 Å². The number of piperidine rings is 1. The summed E-state index contributed by atoms with van der Waals surface area (Å²) in [6, 6.07) is 2.27. The van der Waals surface area contributed by atoms with Gasteiger partial charge in [-0.25, -0.2) is 13.6 Å². The van der Waals surface area contributed by atoms with E-state index in [2.05, 4.69) is 10.4 Å². The number of halogens is 2. The molecule has 1 aromatic heterocycles. The third-order valence-electron chi connectivity index (χ3n) is 5.68. The number of rotatable bonds is 4. The molecule has 0 unspecified atom stereocenters. The first-order valence-corrected chi connectivity index (χ1v) is 10.6. The fraction of sp³-hybridized carbons (Fsp3) is 0.545. The lowest BCUT2D eigenvalue weighted by Gasteiger charge is -2.37. The average Bonchev–Trinajstić information content (AvgIpc) is 3.04. The molecule has 2 fully saturated rings. The van der Waals surface area contributed by atoms with Crippen LogP contribution in [0.2, 0.25) is 0 Å². The van der Waals surface area contributed by atoms with Gasteiger partial charge < -0.3 is 10.0 Å². The molecule has 9 nitrogen and oxygen atoms in total. The lowest BCUT2D eigenvalue weighted by Crippen LogP contribution is -2.49. The Kier molecular flexibility index (Phi) is 7.99. The van der Waals surface area contributed by atoms with Crippen LogP contribution in [0, 0.1) is 5.82 Å². The summed E-state index contributed by atoms with van der Waals surface area (Å²) in [6.07, 6.45) is -0.446. The number of urea groups is 1. The van der Waals surface area contributed by atoms with Crippen LogP contribution in [0.1, 0.15) is 47.0 Å². The van der Waals surface area contributed by atoms with Gasteiger partial charge in [0.1, 0.15) is 11.5 Å². The van der Waals surface area contributed by atoms with Crippen LogP contribution in [0.15, 0.2) is 12.1 Å². The van der Waals surface area contributed by atoms with Crippen molar-refractivity contribution >= 4 is 40.3 Å². The zero-order chi connectivity index (χ0) is 23.6. The van der Waals surface area contributed by atoms with Gasteiger partial charge in [0.25, 0.3) is 0 Å². The van der Waals surface area contributed by atoms with Crippen molar-refractivity contribution in [1.29, 1.82) is 0 Å². The van der Waals surface area contributed by atoms with E-state index in [1.165, 1.54) is 15.6 Å². The first-order valence-electron chi connectivity index (χ1n) is 10.6. The Hall–Kier alpha value is -3.24. The molecule has 2 N–H and O–H groups in total. The van der Waals surface area contributed by atoms with E-state index in [4.69, 9.17) is 5.11 Å². The maximum absolute atomic E-state index is 15.0. The van der Waals surface area contributed by atoms with E-state index in [0.29, 0.717) is 10.9 Å². The van der Waals surface area contributed by atoms with Gasteiger partial charge in [-0.05, 0) is 25.0 Å². The molecule has 0 saturated carbocycles. The number of nitrogens with zero attached hydrogens (tertiary/aromatic N) is 4. The SMILES string of the molecule is C.CC.Cn1nc(N2CCC(=O)NC2=O)c2cc(F)c(N3CCC(F)(CC(=O)O)CC3)cc21. The van der Waals surface area contributed by atoms with Crippen LogP contribution in [-0.4, -0.2) is 58.1 Å². The minimum atomic E-state index is -1.79. The number of imide groups is 1. The van der Waals surface area contributed by atoms with Gasteiger partial charge in [0.05, 0.1) is 17.6 Å². The molecule has 0 aliphatic carbocycles. The number of aryl methyl sites for hydroxylation is 1. The van der Waals surface area contributed by atoms with E-state index >= 15 is 0 Å². The van der Waals surface area contributed by atoms with Gasteiger partial charge in [0.15, 0.2) is 5.82 Å². The normalized spacial score (nSPS) is 17.7. The molecule has 0 bridgehead atoms. The minimum Gasteiger partial charge on any atom is -0.481 e. The molecule has 0 spiro atoms. The summed E-state index contributed by atoms with van der Waals surface area (Å²) in [7, 11) is 1.66. The number of aromatic nitrogens is 2. The second kappa shape index (κ2) is 10.1. The second-order valence-electron chi connectivity index (χ2n) is 7.73. The van der Waals surface area contributed by atoms with Gasteiger partial charge in [-0.3, -0.25) is 24.5 Å². The van der Waals surface area contributed by atoms with E-state index in [9.17, 15) is 23.2 Å². The molecule has 2 aromatic rings. The number of hydrogen-bond acceptors (Lipinski definition) is 5. The van der Waals surface area contributed by atoms with Gasteiger partial charge in [0.2, 0.25) is 5.91 Å². The first-order chi connectivity index (χ1) is 15.2. The summed E-state index contributed by atoms with van der Waals surface area (Å²) in [4.78, 5) is 37.4. The monoisotopic (exact) mass is 467 g/mol. The fourth-order valence-electron chi connectivity index (χ4n) is 4.05.